The van der Waals surface area contributed by atoms with Crippen LogP contribution in [0.5, 0.6) is 0 Å². The van der Waals surface area contributed by atoms with E-state index in [0.29, 0.717) is 0 Å². The van der Waals surface area contributed by atoms with Crippen LogP contribution in [0.25, 0.3) is 0 Å². The fourth-order valence-corrected chi connectivity index (χ4v) is 1.32. The number of nitrogens with zero attached hydrogens (tertiary/aromatic N) is 2. The standard InChI is InChI=1S/C5H6N4O3S/c1-13-4-2(9(11)12)3(10)7-5(6)8-4/h1H3,(H3,6,7,8,10). The van der Waals surface area contributed by atoms with Gasteiger partial charge in [-0.3, -0.25) is 19.9 Å². The molecule has 0 saturated carbocycles. The third-order valence-corrected chi connectivity index (χ3v) is 1.93. The second-order valence-corrected chi connectivity index (χ2v) is 2.86. The molecule has 0 aliphatic heterocycles. The van der Waals surface area contributed by atoms with Crippen molar-refractivity contribution < 1.29 is 4.92 Å². The maximum absolute atomic E-state index is 11.0. The maximum Gasteiger partial charge on any atom is 0.365 e. The van der Waals surface area contributed by atoms with Crippen LogP contribution >= 0.6 is 11.8 Å². The van der Waals surface area contributed by atoms with E-state index in [1.807, 2.05) is 0 Å². The Morgan fingerprint density at radius 3 is 2.77 bits per heavy atom. The summed E-state index contributed by atoms with van der Waals surface area (Å²) in [5.74, 6) is -0.125. The van der Waals surface area contributed by atoms with Crippen LogP contribution in [0, 0.1) is 10.1 Å². The van der Waals surface area contributed by atoms with Crippen molar-refractivity contribution in [3.63, 3.8) is 0 Å². The van der Waals surface area contributed by atoms with Gasteiger partial charge in [0, 0.05) is 0 Å². The molecule has 0 saturated heterocycles. The van der Waals surface area contributed by atoms with Gasteiger partial charge in [0.25, 0.3) is 0 Å². The molecule has 0 atom stereocenters. The third-order valence-electron chi connectivity index (χ3n) is 1.26. The van der Waals surface area contributed by atoms with Crippen LogP contribution in [0.4, 0.5) is 11.6 Å². The van der Waals surface area contributed by atoms with Crippen LogP contribution in [0.2, 0.25) is 0 Å². The number of nitro groups is 1. The van der Waals surface area contributed by atoms with Crippen molar-refractivity contribution in [2.24, 2.45) is 0 Å². The number of aromatic nitrogens is 2. The molecular formula is C5H6N4O3S. The molecule has 13 heavy (non-hydrogen) atoms. The highest BCUT2D eigenvalue weighted by molar-refractivity contribution is 7.98. The average molecular weight is 202 g/mol. The smallest absolute Gasteiger partial charge is 0.365 e. The highest BCUT2D eigenvalue weighted by Gasteiger charge is 2.20. The molecule has 0 aromatic carbocycles. The second kappa shape index (κ2) is 3.44. The van der Waals surface area contributed by atoms with E-state index in [0.717, 1.165) is 11.8 Å². The maximum atomic E-state index is 11.0. The number of nitrogen functional groups attached to an aromatic ring is 1. The van der Waals surface area contributed by atoms with Crippen molar-refractivity contribution in [2.75, 3.05) is 12.0 Å². The number of H-pyrrole nitrogens is 1. The molecule has 1 aromatic rings. The molecule has 70 valence electrons. The number of thioether (sulfide) groups is 1. The fraction of sp³-hybridized carbons (Fsp3) is 0.200. The average Bonchev–Trinajstić information content (AvgIpc) is 2.01. The lowest BCUT2D eigenvalue weighted by Gasteiger charge is -1.97. The molecule has 0 radical (unpaired) electrons. The quantitative estimate of drug-likeness (QED) is 0.301. The normalized spacial score (nSPS) is 9.92. The van der Waals surface area contributed by atoms with Crippen LogP contribution < -0.4 is 11.3 Å². The van der Waals surface area contributed by atoms with Crippen molar-refractivity contribution >= 4 is 23.4 Å². The Kier molecular flexibility index (Phi) is 2.52. The first-order valence-electron chi connectivity index (χ1n) is 3.14. The molecule has 1 rings (SSSR count). The van der Waals surface area contributed by atoms with Gasteiger partial charge in [0.15, 0.2) is 5.03 Å². The first-order valence-corrected chi connectivity index (χ1v) is 4.37. The molecule has 0 fully saturated rings. The van der Waals surface area contributed by atoms with Crippen LogP contribution in [0.1, 0.15) is 0 Å². The number of aromatic amines is 1. The van der Waals surface area contributed by atoms with Gasteiger partial charge < -0.3 is 5.73 Å². The summed E-state index contributed by atoms with van der Waals surface area (Å²) in [5.41, 5.74) is 3.80. The lowest BCUT2D eigenvalue weighted by molar-refractivity contribution is -0.389. The first-order chi connectivity index (χ1) is 6.06. The molecule has 8 heteroatoms. The number of nitrogens with two attached hydrogens (primary N) is 1. The van der Waals surface area contributed by atoms with Gasteiger partial charge in [-0.1, -0.05) is 0 Å². The summed E-state index contributed by atoms with van der Waals surface area (Å²) in [6, 6.07) is 0. The second-order valence-electron chi connectivity index (χ2n) is 2.07. The van der Waals surface area contributed by atoms with Gasteiger partial charge in [0.1, 0.15) is 0 Å². The monoisotopic (exact) mass is 202 g/mol. The molecule has 0 amide bonds. The van der Waals surface area contributed by atoms with Crippen molar-refractivity contribution in [3.05, 3.63) is 20.5 Å². The van der Waals surface area contributed by atoms with E-state index in [1.54, 1.807) is 6.26 Å². The highest BCUT2D eigenvalue weighted by Crippen LogP contribution is 2.20. The highest BCUT2D eigenvalue weighted by atomic mass is 32.2. The SMILES string of the molecule is CSc1nc(N)[nH]c(=O)c1[N+](=O)[O-]. The van der Waals surface area contributed by atoms with Crippen LogP contribution in [0.3, 0.4) is 0 Å². The van der Waals surface area contributed by atoms with E-state index in [4.69, 9.17) is 5.73 Å². The topological polar surface area (TPSA) is 115 Å². The summed E-state index contributed by atoms with van der Waals surface area (Å²) in [6.45, 7) is 0. The Balaban J connectivity index is 3.48. The summed E-state index contributed by atoms with van der Waals surface area (Å²) in [5, 5.41) is 10.4. The zero-order chi connectivity index (χ0) is 10.0. The lowest BCUT2D eigenvalue weighted by atomic mass is 10.5. The van der Waals surface area contributed by atoms with Crippen LogP contribution in [-0.4, -0.2) is 21.1 Å². The van der Waals surface area contributed by atoms with E-state index in [-0.39, 0.29) is 11.0 Å². The molecule has 1 heterocycles. The molecule has 0 aliphatic rings. The molecule has 7 nitrogen and oxygen atoms in total. The minimum Gasteiger partial charge on any atom is -0.369 e. The van der Waals surface area contributed by atoms with Gasteiger partial charge in [0.05, 0.1) is 4.92 Å². The predicted octanol–water partition coefficient (Wildman–Crippen LogP) is -0.0178. The van der Waals surface area contributed by atoms with Gasteiger partial charge in [-0.25, -0.2) is 4.98 Å². The van der Waals surface area contributed by atoms with Gasteiger partial charge in [0.2, 0.25) is 5.95 Å². The molecule has 1 aromatic heterocycles. The third kappa shape index (κ3) is 1.78. The van der Waals surface area contributed by atoms with Crippen LogP contribution in [0.15, 0.2) is 9.82 Å². The first kappa shape index (κ1) is 9.52. The zero-order valence-corrected chi connectivity index (χ0v) is 7.42. The summed E-state index contributed by atoms with van der Waals surface area (Å²) >= 11 is 0.999. The minimum atomic E-state index is -0.832. The zero-order valence-electron chi connectivity index (χ0n) is 6.60. The van der Waals surface area contributed by atoms with E-state index in [9.17, 15) is 14.9 Å². The van der Waals surface area contributed by atoms with Gasteiger partial charge in [-0.2, -0.15) is 0 Å². The Labute approximate surface area is 76.5 Å². The van der Waals surface area contributed by atoms with E-state index < -0.39 is 16.2 Å². The van der Waals surface area contributed by atoms with Crippen molar-refractivity contribution in [2.45, 2.75) is 5.03 Å². The largest absolute Gasteiger partial charge is 0.369 e. The number of hydrogen-bond acceptors (Lipinski definition) is 6. The molecule has 0 unspecified atom stereocenters. The summed E-state index contributed by atoms with van der Waals surface area (Å²) in [7, 11) is 0. The summed E-state index contributed by atoms with van der Waals surface area (Å²) in [4.78, 5) is 26.3. The molecular weight excluding hydrogens is 196 g/mol. The number of hydrogen-bond donors (Lipinski definition) is 2. The van der Waals surface area contributed by atoms with Crippen LogP contribution in [-0.2, 0) is 0 Å². The molecule has 3 N–H and O–H groups in total. The molecule has 0 spiro atoms. The van der Waals surface area contributed by atoms with Gasteiger partial charge >= 0.3 is 11.2 Å². The van der Waals surface area contributed by atoms with Gasteiger partial charge in [-0.15, -0.1) is 11.8 Å². The molecule has 0 bridgehead atoms. The minimum absolute atomic E-state index is 0.0197. The van der Waals surface area contributed by atoms with E-state index >= 15 is 0 Å². The fourth-order valence-electron chi connectivity index (χ4n) is 0.766. The number of rotatable bonds is 2. The van der Waals surface area contributed by atoms with Crippen molar-refractivity contribution in [3.8, 4) is 0 Å². The Bertz CT molecular complexity index is 401. The Morgan fingerprint density at radius 1 is 1.69 bits per heavy atom. The predicted molar refractivity (Wildman–Crippen MR) is 47.7 cm³/mol. The lowest BCUT2D eigenvalue weighted by Crippen LogP contribution is -2.16. The Morgan fingerprint density at radius 2 is 2.31 bits per heavy atom. The van der Waals surface area contributed by atoms with Crippen molar-refractivity contribution in [1.29, 1.82) is 0 Å². The molecule has 0 aliphatic carbocycles. The number of nitrogens with one attached hydrogen (secondary N) is 1. The van der Waals surface area contributed by atoms with E-state index in [1.165, 1.54) is 0 Å². The van der Waals surface area contributed by atoms with E-state index in [2.05, 4.69) is 9.97 Å². The van der Waals surface area contributed by atoms with Gasteiger partial charge in [-0.05, 0) is 6.26 Å². The van der Waals surface area contributed by atoms with Crippen molar-refractivity contribution in [1.82, 2.24) is 9.97 Å². The summed E-state index contributed by atoms with van der Waals surface area (Å²) in [6.07, 6.45) is 1.58. The Hall–Kier alpha value is -1.57. The number of anilines is 1. The summed E-state index contributed by atoms with van der Waals surface area (Å²) < 4.78 is 0.